The Bertz CT molecular complexity index is 289. The molecule has 14 heavy (non-hydrogen) atoms. The average Bonchev–Trinajstić information content (AvgIpc) is 2.23. The molecule has 1 aromatic carbocycles. The lowest BCUT2D eigenvalue weighted by Gasteiger charge is -2.32. The molecule has 1 heterocycles. The van der Waals surface area contributed by atoms with Gasteiger partial charge in [0, 0.05) is 5.56 Å². The van der Waals surface area contributed by atoms with Crippen molar-refractivity contribution in [2.24, 2.45) is 5.73 Å². The van der Waals surface area contributed by atoms with Crippen molar-refractivity contribution >= 4 is 0 Å². The Morgan fingerprint density at radius 1 is 1.29 bits per heavy atom. The van der Waals surface area contributed by atoms with Crippen molar-refractivity contribution in [2.75, 3.05) is 6.61 Å². The van der Waals surface area contributed by atoms with E-state index in [-0.39, 0.29) is 18.4 Å². The van der Waals surface area contributed by atoms with E-state index in [9.17, 15) is 0 Å². The zero-order chi connectivity index (χ0) is 9.97. The first-order valence-corrected chi connectivity index (χ1v) is 4.85. The Morgan fingerprint density at radius 2 is 2.00 bits per heavy atom. The molecule has 0 bridgehead atoms. The van der Waals surface area contributed by atoms with Crippen molar-refractivity contribution in [3.8, 4) is 0 Å². The molecule has 1 fully saturated rings. The van der Waals surface area contributed by atoms with Crippen LogP contribution in [0.3, 0.4) is 0 Å². The minimum absolute atomic E-state index is 0.0186. The molecule has 0 amide bonds. The fourth-order valence-electron chi connectivity index (χ4n) is 1.45. The number of hydrogen-bond donors (Lipinski definition) is 1. The van der Waals surface area contributed by atoms with Crippen LogP contribution in [0, 0.1) is 0 Å². The Morgan fingerprint density at radius 3 is 2.64 bits per heavy atom. The minimum atomic E-state index is -0.258. The SMILES string of the molecule is C[C@H]1O[C@@H](c2ccccc2)OC[C@H]1N. The molecule has 76 valence electrons. The monoisotopic (exact) mass is 193 g/mol. The standard InChI is InChI=1S/C11H15NO2/c1-8-10(12)7-13-11(14-8)9-5-3-2-4-6-9/h2-6,8,10-11H,7,12H2,1H3/t8-,10-,11+/m1/s1. The van der Waals surface area contributed by atoms with Gasteiger partial charge in [-0.3, -0.25) is 0 Å². The number of nitrogens with two attached hydrogens (primary N) is 1. The fraction of sp³-hybridized carbons (Fsp3) is 0.455. The van der Waals surface area contributed by atoms with Crippen LogP contribution in [-0.4, -0.2) is 18.8 Å². The molecule has 1 aliphatic heterocycles. The lowest BCUT2D eigenvalue weighted by Crippen LogP contribution is -2.44. The summed E-state index contributed by atoms with van der Waals surface area (Å²) < 4.78 is 11.1. The van der Waals surface area contributed by atoms with Crippen molar-refractivity contribution in [1.29, 1.82) is 0 Å². The average molecular weight is 193 g/mol. The highest BCUT2D eigenvalue weighted by Gasteiger charge is 2.26. The predicted octanol–water partition coefficient (Wildman–Crippen LogP) is 1.45. The van der Waals surface area contributed by atoms with Gasteiger partial charge in [-0.1, -0.05) is 30.3 Å². The van der Waals surface area contributed by atoms with Crippen LogP contribution in [0.1, 0.15) is 18.8 Å². The maximum absolute atomic E-state index is 5.77. The molecule has 0 spiro atoms. The van der Waals surface area contributed by atoms with Gasteiger partial charge >= 0.3 is 0 Å². The second-order valence-corrected chi connectivity index (χ2v) is 3.58. The van der Waals surface area contributed by atoms with Gasteiger partial charge in [-0.15, -0.1) is 0 Å². The summed E-state index contributed by atoms with van der Waals surface area (Å²) in [7, 11) is 0. The van der Waals surface area contributed by atoms with Crippen molar-refractivity contribution < 1.29 is 9.47 Å². The van der Waals surface area contributed by atoms with Gasteiger partial charge < -0.3 is 15.2 Å². The summed E-state index contributed by atoms with van der Waals surface area (Å²) in [5.41, 5.74) is 6.82. The molecule has 2 N–H and O–H groups in total. The fourth-order valence-corrected chi connectivity index (χ4v) is 1.45. The van der Waals surface area contributed by atoms with Crippen LogP contribution in [0.2, 0.25) is 0 Å². The molecule has 0 saturated carbocycles. The highest BCUT2D eigenvalue weighted by molar-refractivity contribution is 5.16. The molecule has 0 aromatic heterocycles. The highest BCUT2D eigenvalue weighted by atomic mass is 16.7. The van der Waals surface area contributed by atoms with Crippen LogP contribution >= 0.6 is 0 Å². The number of hydrogen-bond acceptors (Lipinski definition) is 3. The summed E-state index contributed by atoms with van der Waals surface area (Å²) in [6.07, 6.45) is -0.208. The number of ether oxygens (including phenoxy) is 2. The third-order valence-corrected chi connectivity index (χ3v) is 2.45. The summed E-state index contributed by atoms with van der Waals surface area (Å²) in [5, 5.41) is 0. The summed E-state index contributed by atoms with van der Waals surface area (Å²) in [5.74, 6) is 0. The first-order chi connectivity index (χ1) is 6.77. The van der Waals surface area contributed by atoms with E-state index in [1.165, 1.54) is 0 Å². The Hall–Kier alpha value is -0.900. The number of rotatable bonds is 1. The second-order valence-electron chi connectivity index (χ2n) is 3.58. The van der Waals surface area contributed by atoms with Crippen LogP contribution < -0.4 is 5.73 Å². The zero-order valence-corrected chi connectivity index (χ0v) is 8.22. The Balaban J connectivity index is 2.07. The Kier molecular flexibility index (Phi) is 2.82. The van der Waals surface area contributed by atoms with Gasteiger partial charge in [-0.2, -0.15) is 0 Å². The maximum atomic E-state index is 5.77. The van der Waals surface area contributed by atoms with Gasteiger partial charge in [-0.25, -0.2) is 0 Å². The molecule has 3 heteroatoms. The molecule has 3 nitrogen and oxygen atoms in total. The third-order valence-electron chi connectivity index (χ3n) is 2.45. The van der Waals surface area contributed by atoms with Crippen LogP contribution in [0.15, 0.2) is 30.3 Å². The van der Waals surface area contributed by atoms with E-state index < -0.39 is 0 Å². The molecule has 0 unspecified atom stereocenters. The smallest absolute Gasteiger partial charge is 0.184 e. The van der Waals surface area contributed by atoms with Crippen LogP contribution in [0.4, 0.5) is 0 Å². The minimum Gasteiger partial charge on any atom is -0.347 e. The zero-order valence-electron chi connectivity index (χ0n) is 8.22. The van der Waals surface area contributed by atoms with Crippen molar-refractivity contribution in [1.82, 2.24) is 0 Å². The van der Waals surface area contributed by atoms with Gasteiger partial charge in [0.1, 0.15) is 0 Å². The molecule has 1 aliphatic rings. The van der Waals surface area contributed by atoms with Crippen molar-refractivity contribution in [2.45, 2.75) is 25.4 Å². The number of benzene rings is 1. The van der Waals surface area contributed by atoms with E-state index in [0.29, 0.717) is 6.61 Å². The largest absolute Gasteiger partial charge is 0.347 e. The van der Waals surface area contributed by atoms with E-state index in [0.717, 1.165) is 5.56 Å². The summed E-state index contributed by atoms with van der Waals surface area (Å²) in [4.78, 5) is 0. The molecular weight excluding hydrogens is 178 g/mol. The second kappa shape index (κ2) is 4.09. The lowest BCUT2D eigenvalue weighted by atomic mass is 10.1. The molecule has 0 aliphatic carbocycles. The molecule has 2 rings (SSSR count). The normalized spacial score (nSPS) is 32.9. The third kappa shape index (κ3) is 1.95. The van der Waals surface area contributed by atoms with Gasteiger partial charge in [-0.05, 0) is 6.92 Å². The van der Waals surface area contributed by atoms with Crippen molar-refractivity contribution in [3.63, 3.8) is 0 Å². The topological polar surface area (TPSA) is 44.5 Å². The molecule has 3 atom stereocenters. The first kappa shape index (κ1) is 9.65. The van der Waals surface area contributed by atoms with E-state index in [2.05, 4.69) is 0 Å². The molecule has 1 saturated heterocycles. The molecule has 1 aromatic rings. The van der Waals surface area contributed by atoms with Crippen LogP contribution in [0.25, 0.3) is 0 Å². The summed E-state index contributed by atoms with van der Waals surface area (Å²) in [6, 6.07) is 9.89. The lowest BCUT2D eigenvalue weighted by molar-refractivity contribution is -0.219. The van der Waals surface area contributed by atoms with Gasteiger partial charge in [0.2, 0.25) is 0 Å². The molecule has 0 radical (unpaired) electrons. The summed E-state index contributed by atoms with van der Waals surface area (Å²) >= 11 is 0. The van der Waals surface area contributed by atoms with Crippen LogP contribution in [-0.2, 0) is 9.47 Å². The van der Waals surface area contributed by atoms with Gasteiger partial charge in [0.05, 0.1) is 18.8 Å². The maximum Gasteiger partial charge on any atom is 0.184 e. The van der Waals surface area contributed by atoms with Gasteiger partial charge in [0.15, 0.2) is 6.29 Å². The van der Waals surface area contributed by atoms with Crippen LogP contribution in [0.5, 0.6) is 0 Å². The summed E-state index contributed by atoms with van der Waals surface area (Å²) in [6.45, 7) is 2.53. The van der Waals surface area contributed by atoms with E-state index in [1.807, 2.05) is 37.3 Å². The first-order valence-electron chi connectivity index (χ1n) is 4.85. The highest BCUT2D eigenvalue weighted by Crippen LogP contribution is 2.25. The Labute approximate surface area is 83.8 Å². The van der Waals surface area contributed by atoms with Gasteiger partial charge in [0.25, 0.3) is 0 Å². The van der Waals surface area contributed by atoms with E-state index in [4.69, 9.17) is 15.2 Å². The quantitative estimate of drug-likeness (QED) is 0.734. The predicted molar refractivity (Wildman–Crippen MR) is 53.7 cm³/mol. The van der Waals surface area contributed by atoms with Crippen molar-refractivity contribution in [3.05, 3.63) is 35.9 Å². The molecular formula is C11H15NO2. The van der Waals surface area contributed by atoms with E-state index in [1.54, 1.807) is 0 Å². The van der Waals surface area contributed by atoms with E-state index >= 15 is 0 Å².